The molecule has 0 aromatic rings. The van der Waals surface area contributed by atoms with E-state index < -0.39 is 0 Å². The van der Waals surface area contributed by atoms with Crippen molar-refractivity contribution in [2.45, 2.75) is 71.4 Å². The molecule has 1 aliphatic rings. The first-order valence-corrected chi connectivity index (χ1v) is 7.06. The Bertz CT molecular complexity index is 230. The minimum Gasteiger partial charge on any atom is -0.375 e. The average Bonchev–Trinajstić information content (AvgIpc) is 2.32. The second-order valence-corrected chi connectivity index (χ2v) is 5.20. The van der Waals surface area contributed by atoms with Gasteiger partial charge in [-0.05, 0) is 20.3 Å². The number of rotatable bonds is 6. The third-order valence-corrected chi connectivity index (χ3v) is 3.42. The van der Waals surface area contributed by atoms with E-state index in [1.165, 1.54) is 25.7 Å². The molecule has 0 aromatic carbocycles. The molecule has 0 unspecified atom stereocenters. The van der Waals surface area contributed by atoms with Crippen molar-refractivity contribution in [2.75, 3.05) is 13.2 Å². The fraction of sp³-hybridized carbons (Fsp3) is 0.929. The van der Waals surface area contributed by atoms with Gasteiger partial charge in [0.05, 0.1) is 18.8 Å². The van der Waals surface area contributed by atoms with E-state index in [-0.39, 0.29) is 12.1 Å². The van der Waals surface area contributed by atoms with E-state index >= 15 is 0 Å². The molecule has 1 amide bonds. The van der Waals surface area contributed by atoms with Gasteiger partial charge >= 0.3 is 0 Å². The highest BCUT2D eigenvalue weighted by Gasteiger charge is 2.26. The second kappa shape index (κ2) is 7.70. The van der Waals surface area contributed by atoms with Crippen molar-refractivity contribution in [1.82, 2.24) is 4.90 Å². The summed E-state index contributed by atoms with van der Waals surface area (Å²) in [7, 11) is 0. The van der Waals surface area contributed by atoms with Crippen LogP contribution in [0.3, 0.4) is 0 Å². The van der Waals surface area contributed by atoms with Gasteiger partial charge in [0.15, 0.2) is 0 Å². The van der Waals surface area contributed by atoms with Gasteiger partial charge in [-0.15, -0.1) is 0 Å². The highest BCUT2D eigenvalue weighted by molar-refractivity contribution is 5.76. The molecule has 100 valence electrons. The molecule has 0 radical (unpaired) electrons. The maximum atomic E-state index is 12.1. The minimum atomic E-state index is 0.190. The number of morpholine rings is 1. The van der Waals surface area contributed by atoms with Gasteiger partial charge in [-0.25, -0.2) is 0 Å². The molecule has 0 aliphatic carbocycles. The summed E-state index contributed by atoms with van der Waals surface area (Å²) in [5.41, 5.74) is 0. The van der Waals surface area contributed by atoms with E-state index in [0.29, 0.717) is 18.9 Å². The number of ether oxygens (including phenoxy) is 1. The summed E-state index contributed by atoms with van der Waals surface area (Å²) in [6.45, 7) is 7.76. The standard InChI is InChI=1S/C14H27NO2/c1-4-5-6-7-8-9-14(16)15-10-13(3)17-11-12(15)2/h12-13H,4-11H2,1-3H3/t12-,13+/m1/s1. The highest BCUT2D eigenvalue weighted by Crippen LogP contribution is 2.14. The zero-order valence-electron chi connectivity index (χ0n) is 11.6. The van der Waals surface area contributed by atoms with Gasteiger partial charge in [-0.3, -0.25) is 4.79 Å². The number of hydrogen-bond acceptors (Lipinski definition) is 2. The number of nitrogens with zero attached hydrogens (tertiary/aromatic N) is 1. The summed E-state index contributed by atoms with van der Waals surface area (Å²) in [5.74, 6) is 0.309. The van der Waals surface area contributed by atoms with Crippen molar-refractivity contribution in [3.8, 4) is 0 Å². The fourth-order valence-corrected chi connectivity index (χ4v) is 2.27. The Morgan fingerprint density at radius 3 is 2.65 bits per heavy atom. The summed E-state index contributed by atoms with van der Waals surface area (Å²) >= 11 is 0. The number of hydrogen-bond donors (Lipinski definition) is 0. The molecule has 1 aliphatic heterocycles. The van der Waals surface area contributed by atoms with Crippen LogP contribution in [0.2, 0.25) is 0 Å². The van der Waals surface area contributed by atoms with Crippen molar-refractivity contribution in [2.24, 2.45) is 0 Å². The lowest BCUT2D eigenvalue weighted by molar-refractivity contribution is -0.143. The van der Waals surface area contributed by atoms with E-state index in [2.05, 4.69) is 13.8 Å². The Morgan fingerprint density at radius 2 is 1.94 bits per heavy atom. The summed E-state index contributed by atoms with van der Waals surface area (Å²) in [4.78, 5) is 14.1. The first kappa shape index (κ1) is 14.5. The summed E-state index contributed by atoms with van der Waals surface area (Å²) in [6, 6.07) is 0.245. The summed E-state index contributed by atoms with van der Waals surface area (Å²) < 4.78 is 5.53. The first-order chi connectivity index (χ1) is 8.15. The van der Waals surface area contributed by atoms with Crippen LogP contribution in [0.5, 0.6) is 0 Å². The molecular formula is C14H27NO2. The van der Waals surface area contributed by atoms with Crippen molar-refractivity contribution in [3.05, 3.63) is 0 Å². The molecule has 0 N–H and O–H groups in total. The normalized spacial score (nSPS) is 25.0. The van der Waals surface area contributed by atoms with Crippen molar-refractivity contribution < 1.29 is 9.53 Å². The minimum absolute atomic E-state index is 0.190. The molecule has 0 aromatic heterocycles. The molecule has 3 heteroatoms. The quantitative estimate of drug-likeness (QED) is 0.669. The lowest BCUT2D eigenvalue weighted by Gasteiger charge is -2.36. The van der Waals surface area contributed by atoms with Gasteiger partial charge < -0.3 is 9.64 Å². The zero-order chi connectivity index (χ0) is 12.7. The first-order valence-electron chi connectivity index (χ1n) is 7.06. The van der Waals surface area contributed by atoms with E-state index in [4.69, 9.17) is 4.74 Å². The number of unbranched alkanes of at least 4 members (excludes halogenated alkanes) is 4. The Balaban J connectivity index is 2.21. The van der Waals surface area contributed by atoms with E-state index in [1.54, 1.807) is 0 Å². The van der Waals surface area contributed by atoms with Crippen LogP contribution in [0.25, 0.3) is 0 Å². The molecule has 3 nitrogen and oxygen atoms in total. The van der Waals surface area contributed by atoms with Gasteiger partial charge in [-0.2, -0.15) is 0 Å². The Kier molecular flexibility index (Phi) is 6.56. The lowest BCUT2D eigenvalue weighted by Crippen LogP contribution is -2.50. The fourth-order valence-electron chi connectivity index (χ4n) is 2.27. The topological polar surface area (TPSA) is 29.5 Å². The lowest BCUT2D eigenvalue weighted by atomic mass is 10.1. The summed E-state index contributed by atoms with van der Waals surface area (Å²) in [6.07, 6.45) is 6.94. The second-order valence-electron chi connectivity index (χ2n) is 5.20. The largest absolute Gasteiger partial charge is 0.375 e. The molecule has 1 fully saturated rings. The smallest absolute Gasteiger partial charge is 0.222 e. The summed E-state index contributed by atoms with van der Waals surface area (Å²) in [5, 5.41) is 0. The van der Waals surface area contributed by atoms with Crippen LogP contribution in [0.4, 0.5) is 0 Å². The number of carbonyl (C=O) groups excluding carboxylic acids is 1. The van der Waals surface area contributed by atoms with Crippen LogP contribution in [-0.2, 0) is 9.53 Å². The van der Waals surface area contributed by atoms with Gasteiger partial charge in [0.2, 0.25) is 5.91 Å². The third kappa shape index (κ3) is 5.07. The molecular weight excluding hydrogens is 214 g/mol. The Hall–Kier alpha value is -0.570. The SMILES string of the molecule is CCCCCCCC(=O)N1C[C@H](C)OC[C@H]1C. The predicted octanol–water partition coefficient (Wildman–Crippen LogP) is 2.98. The van der Waals surface area contributed by atoms with E-state index in [1.807, 2.05) is 11.8 Å². The molecule has 1 rings (SSSR count). The van der Waals surface area contributed by atoms with Gasteiger partial charge in [0, 0.05) is 13.0 Å². The van der Waals surface area contributed by atoms with Crippen LogP contribution in [0.15, 0.2) is 0 Å². The molecule has 0 saturated carbocycles. The molecule has 17 heavy (non-hydrogen) atoms. The van der Waals surface area contributed by atoms with Crippen molar-refractivity contribution in [1.29, 1.82) is 0 Å². The van der Waals surface area contributed by atoms with Gasteiger partial charge in [0.1, 0.15) is 0 Å². The molecule has 0 spiro atoms. The Morgan fingerprint density at radius 1 is 1.24 bits per heavy atom. The molecule has 0 bridgehead atoms. The predicted molar refractivity (Wildman–Crippen MR) is 70.0 cm³/mol. The average molecular weight is 241 g/mol. The zero-order valence-corrected chi connectivity index (χ0v) is 11.6. The highest BCUT2D eigenvalue weighted by atomic mass is 16.5. The maximum absolute atomic E-state index is 12.1. The van der Waals surface area contributed by atoms with Crippen LogP contribution in [0, 0.1) is 0 Å². The van der Waals surface area contributed by atoms with Crippen LogP contribution in [-0.4, -0.2) is 36.1 Å². The van der Waals surface area contributed by atoms with Gasteiger partial charge in [-0.1, -0.05) is 32.6 Å². The van der Waals surface area contributed by atoms with Crippen LogP contribution < -0.4 is 0 Å². The third-order valence-electron chi connectivity index (χ3n) is 3.42. The molecule has 2 atom stereocenters. The number of carbonyl (C=O) groups is 1. The van der Waals surface area contributed by atoms with E-state index in [0.717, 1.165) is 13.0 Å². The maximum Gasteiger partial charge on any atom is 0.222 e. The van der Waals surface area contributed by atoms with Crippen LogP contribution in [0.1, 0.15) is 59.3 Å². The number of amides is 1. The van der Waals surface area contributed by atoms with Crippen molar-refractivity contribution in [3.63, 3.8) is 0 Å². The Labute approximate surface area is 106 Å². The van der Waals surface area contributed by atoms with Crippen LogP contribution >= 0.6 is 0 Å². The van der Waals surface area contributed by atoms with E-state index in [9.17, 15) is 4.79 Å². The van der Waals surface area contributed by atoms with Crippen molar-refractivity contribution >= 4 is 5.91 Å². The molecule has 1 saturated heterocycles. The van der Waals surface area contributed by atoms with Gasteiger partial charge in [0.25, 0.3) is 0 Å². The molecule has 1 heterocycles. The monoisotopic (exact) mass is 241 g/mol.